The monoisotopic (exact) mass is 187 g/mol. The van der Waals surface area contributed by atoms with Gasteiger partial charge in [-0.05, 0) is 36.3 Å². The third kappa shape index (κ3) is 1.70. The third-order valence-electron chi connectivity index (χ3n) is 3.82. The lowest BCUT2D eigenvalue weighted by Gasteiger charge is -2.37. The molecule has 75 valence electrons. The first-order chi connectivity index (χ1) is 6.87. The molecule has 1 radical (unpaired) electrons. The van der Waals surface area contributed by atoms with Crippen LogP contribution in [0.25, 0.3) is 0 Å². The van der Waals surface area contributed by atoms with Gasteiger partial charge in [0, 0.05) is 0 Å². The van der Waals surface area contributed by atoms with Crippen molar-refractivity contribution in [3.05, 3.63) is 35.9 Å². The molecule has 0 unspecified atom stereocenters. The minimum absolute atomic E-state index is 0.493. The van der Waals surface area contributed by atoms with Crippen molar-refractivity contribution in [1.82, 2.24) is 0 Å². The Kier molecular flexibility index (Phi) is 2.90. The van der Waals surface area contributed by atoms with Crippen LogP contribution in [0.1, 0.15) is 51.0 Å². The van der Waals surface area contributed by atoms with Crippen LogP contribution in [0.5, 0.6) is 0 Å². The van der Waals surface area contributed by atoms with Gasteiger partial charge in [-0.25, -0.2) is 0 Å². The Hall–Kier alpha value is -0.780. The fraction of sp³-hybridized carbons (Fsp3) is 0.571. The molecule has 2 rings (SSSR count). The van der Waals surface area contributed by atoms with Crippen molar-refractivity contribution in [2.45, 2.75) is 50.9 Å². The maximum Gasteiger partial charge on any atom is -0.00496 e. The fourth-order valence-corrected chi connectivity index (χ4v) is 2.82. The van der Waals surface area contributed by atoms with Crippen LogP contribution in [0, 0.1) is 6.07 Å². The molecule has 1 fully saturated rings. The van der Waals surface area contributed by atoms with Crippen LogP contribution >= 0.6 is 0 Å². The summed E-state index contributed by atoms with van der Waals surface area (Å²) in [4.78, 5) is 0. The topological polar surface area (TPSA) is 0 Å². The molecule has 1 aliphatic rings. The summed E-state index contributed by atoms with van der Waals surface area (Å²) in [6.45, 7) is 2.34. The minimum atomic E-state index is 0.493. The highest BCUT2D eigenvalue weighted by molar-refractivity contribution is 5.25. The first-order valence-electron chi connectivity index (χ1n) is 5.84. The van der Waals surface area contributed by atoms with Gasteiger partial charge in [-0.3, -0.25) is 0 Å². The predicted octanol–water partition coefficient (Wildman–Crippen LogP) is 4.10. The van der Waals surface area contributed by atoms with E-state index < -0.39 is 0 Å². The van der Waals surface area contributed by atoms with E-state index in [1.54, 1.807) is 5.56 Å². The zero-order valence-corrected chi connectivity index (χ0v) is 9.05. The van der Waals surface area contributed by atoms with E-state index in [-0.39, 0.29) is 0 Å². The molecule has 1 aromatic rings. The normalized spacial score (nSPS) is 20.6. The number of benzene rings is 1. The molecule has 0 bridgehead atoms. The Morgan fingerprint density at radius 2 is 1.79 bits per heavy atom. The van der Waals surface area contributed by atoms with Gasteiger partial charge in [-0.15, -0.1) is 0 Å². The van der Waals surface area contributed by atoms with Gasteiger partial charge >= 0.3 is 0 Å². The molecule has 1 aliphatic carbocycles. The molecule has 0 amide bonds. The smallest absolute Gasteiger partial charge is 0.00496 e. The van der Waals surface area contributed by atoms with Crippen molar-refractivity contribution in [2.75, 3.05) is 0 Å². The Labute approximate surface area is 87.3 Å². The summed E-state index contributed by atoms with van der Waals surface area (Å²) in [6.07, 6.45) is 8.30. The maximum atomic E-state index is 3.11. The average molecular weight is 187 g/mol. The van der Waals surface area contributed by atoms with E-state index in [0.717, 1.165) is 0 Å². The molecule has 0 aliphatic heterocycles. The summed E-state index contributed by atoms with van der Waals surface area (Å²) in [6, 6.07) is 11.7. The number of hydrogen-bond donors (Lipinski definition) is 0. The lowest BCUT2D eigenvalue weighted by atomic mass is 9.68. The number of hydrogen-bond acceptors (Lipinski definition) is 0. The van der Waals surface area contributed by atoms with Gasteiger partial charge < -0.3 is 0 Å². The highest BCUT2D eigenvalue weighted by Gasteiger charge is 2.31. The molecule has 0 nitrogen and oxygen atoms in total. The second kappa shape index (κ2) is 4.16. The van der Waals surface area contributed by atoms with E-state index >= 15 is 0 Å². The van der Waals surface area contributed by atoms with Gasteiger partial charge in [0.15, 0.2) is 0 Å². The van der Waals surface area contributed by atoms with Gasteiger partial charge in [0.25, 0.3) is 0 Å². The predicted molar refractivity (Wildman–Crippen MR) is 60.3 cm³/mol. The fourth-order valence-electron chi connectivity index (χ4n) is 2.82. The summed E-state index contributed by atoms with van der Waals surface area (Å²) in [5.74, 6) is 0. The Morgan fingerprint density at radius 1 is 1.14 bits per heavy atom. The minimum Gasteiger partial charge on any atom is -0.0645 e. The SMILES string of the molecule is CCC1(c2cc[c]cc2)CCCCC1. The molecule has 1 saturated carbocycles. The van der Waals surface area contributed by atoms with E-state index in [2.05, 4.69) is 37.3 Å². The van der Waals surface area contributed by atoms with Crippen LogP contribution in [0.3, 0.4) is 0 Å². The van der Waals surface area contributed by atoms with Gasteiger partial charge in [0.05, 0.1) is 0 Å². The van der Waals surface area contributed by atoms with Gasteiger partial charge in [-0.1, -0.05) is 50.5 Å². The molecule has 0 saturated heterocycles. The standard InChI is InChI=1S/C14H19/c1-2-14(11-7-4-8-12-14)13-9-5-3-6-10-13/h5-6,9-10H,2,4,7-8,11-12H2,1H3. The first-order valence-corrected chi connectivity index (χ1v) is 5.84. The molecule has 0 heteroatoms. The Balaban J connectivity index is 2.27. The van der Waals surface area contributed by atoms with E-state index in [1.165, 1.54) is 38.5 Å². The zero-order chi connectivity index (χ0) is 9.86. The van der Waals surface area contributed by atoms with Crippen LogP contribution in [0.4, 0.5) is 0 Å². The van der Waals surface area contributed by atoms with Gasteiger partial charge in [0.2, 0.25) is 0 Å². The molecular formula is C14H19. The second-order valence-electron chi connectivity index (χ2n) is 4.48. The van der Waals surface area contributed by atoms with Crippen molar-refractivity contribution < 1.29 is 0 Å². The molecular weight excluding hydrogens is 168 g/mol. The van der Waals surface area contributed by atoms with Crippen molar-refractivity contribution in [1.29, 1.82) is 0 Å². The van der Waals surface area contributed by atoms with Crippen LogP contribution in [-0.2, 0) is 5.41 Å². The third-order valence-corrected chi connectivity index (χ3v) is 3.82. The van der Waals surface area contributed by atoms with E-state index in [9.17, 15) is 0 Å². The largest absolute Gasteiger partial charge is 0.0645 e. The number of rotatable bonds is 2. The molecule has 1 aromatic carbocycles. The Bertz CT molecular complexity index is 267. The van der Waals surface area contributed by atoms with Crippen LogP contribution in [-0.4, -0.2) is 0 Å². The van der Waals surface area contributed by atoms with Crippen molar-refractivity contribution >= 4 is 0 Å². The van der Waals surface area contributed by atoms with Crippen LogP contribution in [0.2, 0.25) is 0 Å². The first kappa shape index (κ1) is 9.76. The van der Waals surface area contributed by atoms with E-state index in [1.807, 2.05) is 0 Å². The van der Waals surface area contributed by atoms with Crippen LogP contribution in [0.15, 0.2) is 24.3 Å². The summed E-state index contributed by atoms with van der Waals surface area (Å²) < 4.78 is 0. The lowest BCUT2D eigenvalue weighted by Crippen LogP contribution is -2.27. The molecule has 0 N–H and O–H groups in total. The van der Waals surface area contributed by atoms with Gasteiger partial charge in [0.1, 0.15) is 0 Å². The van der Waals surface area contributed by atoms with Crippen molar-refractivity contribution in [3.63, 3.8) is 0 Å². The average Bonchev–Trinajstić information content (AvgIpc) is 2.31. The molecule has 0 atom stereocenters. The molecule has 0 heterocycles. The van der Waals surface area contributed by atoms with Crippen LogP contribution < -0.4 is 0 Å². The van der Waals surface area contributed by atoms with E-state index in [0.29, 0.717) is 5.41 Å². The zero-order valence-electron chi connectivity index (χ0n) is 9.05. The van der Waals surface area contributed by atoms with E-state index in [4.69, 9.17) is 0 Å². The quantitative estimate of drug-likeness (QED) is 0.654. The highest BCUT2D eigenvalue weighted by Crippen LogP contribution is 2.41. The van der Waals surface area contributed by atoms with Gasteiger partial charge in [-0.2, -0.15) is 0 Å². The summed E-state index contributed by atoms with van der Waals surface area (Å²) in [7, 11) is 0. The highest BCUT2D eigenvalue weighted by atomic mass is 14.4. The molecule has 0 spiro atoms. The summed E-state index contributed by atoms with van der Waals surface area (Å²) >= 11 is 0. The molecule has 0 aromatic heterocycles. The Morgan fingerprint density at radius 3 is 2.36 bits per heavy atom. The second-order valence-corrected chi connectivity index (χ2v) is 4.48. The molecule has 14 heavy (non-hydrogen) atoms. The van der Waals surface area contributed by atoms with Crippen molar-refractivity contribution in [3.8, 4) is 0 Å². The maximum absolute atomic E-state index is 3.11. The lowest BCUT2D eigenvalue weighted by molar-refractivity contribution is 0.283. The van der Waals surface area contributed by atoms with Crippen molar-refractivity contribution in [2.24, 2.45) is 0 Å². The summed E-state index contributed by atoms with van der Waals surface area (Å²) in [5, 5.41) is 0. The summed E-state index contributed by atoms with van der Waals surface area (Å²) in [5.41, 5.74) is 2.03.